The van der Waals surface area contributed by atoms with Crippen molar-refractivity contribution in [2.75, 3.05) is 27.2 Å². The molecule has 3 heteroatoms. The van der Waals surface area contributed by atoms with Crippen molar-refractivity contribution in [1.29, 1.82) is 0 Å². The minimum Gasteiger partial charge on any atom is -0.468 e. The van der Waals surface area contributed by atoms with E-state index >= 15 is 0 Å². The molecule has 0 aliphatic rings. The van der Waals surface area contributed by atoms with E-state index in [1.54, 1.807) is 0 Å². The number of esters is 1. The molecule has 0 saturated carbocycles. The molecular weight excluding hydrogens is 226 g/mol. The fourth-order valence-corrected chi connectivity index (χ4v) is 1.75. The Hall–Kier alpha value is -1.35. The molecule has 18 heavy (non-hydrogen) atoms. The summed E-state index contributed by atoms with van der Waals surface area (Å²) >= 11 is 0. The van der Waals surface area contributed by atoms with Crippen LogP contribution in [-0.4, -0.2) is 38.1 Å². The predicted octanol–water partition coefficient (Wildman–Crippen LogP) is 2.46. The number of carbonyl (C=O) groups excluding carboxylic acids is 1. The van der Waals surface area contributed by atoms with Gasteiger partial charge in [0, 0.05) is 6.54 Å². The molecular formula is C15H23NO2. The summed E-state index contributed by atoms with van der Waals surface area (Å²) in [6.07, 6.45) is 0.950. The molecule has 0 fully saturated rings. The topological polar surface area (TPSA) is 29.5 Å². The molecule has 0 N–H and O–H groups in total. The zero-order chi connectivity index (χ0) is 13.5. The lowest BCUT2D eigenvalue weighted by Crippen LogP contribution is -2.28. The molecule has 0 radical (unpaired) electrons. The Morgan fingerprint density at radius 1 is 1.28 bits per heavy atom. The van der Waals surface area contributed by atoms with Gasteiger partial charge < -0.3 is 4.74 Å². The zero-order valence-corrected chi connectivity index (χ0v) is 11.8. The van der Waals surface area contributed by atoms with Crippen molar-refractivity contribution >= 4 is 5.97 Å². The third-order valence-electron chi connectivity index (χ3n) is 3.06. The first-order valence-corrected chi connectivity index (χ1v) is 6.37. The van der Waals surface area contributed by atoms with Crippen molar-refractivity contribution in [2.45, 2.75) is 26.2 Å². The van der Waals surface area contributed by atoms with Gasteiger partial charge in [-0.15, -0.1) is 0 Å². The Morgan fingerprint density at radius 3 is 2.39 bits per heavy atom. The first kappa shape index (κ1) is 14.7. The van der Waals surface area contributed by atoms with Crippen LogP contribution < -0.4 is 0 Å². The van der Waals surface area contributed by atoms with Crippen LogP contribution in [0.1, 0.15) is 30.9 Å². The van der Waals surface area contributed by atoms with E-state index in [1.807, 2.05) is 11.9 Å². The smallest absolute Gasteiger partial charge is 0.319 e. The van der Waals surface area contributed by atoms with E-state index in [2.05, 4.69) is 42.8 Å². The van der Waals surface area contributed by atoms with Gasteiger partial charge in [0.05, 0.1) is 13.7 Å². The molecule has 0 aliphatic carbocycles. The van der Waals surface area contributed by atoms with Crippen molar-refractivity contribution < 1.29 is 9.53 Å². The molecule has 0 bridgehead atoms. The maximum Gasteiger partial charge on any atom is 0.319 e. The normalized spacial score (nSPS) is 11.0. The van der Waals surface area contributed by atoms with E-state index in [-0.39, 0.29) is 5.97 Å². The third kappa shape index (κ3) is 4.88. The lowest BCUT2D eigenvalue weighted by Gasteiger charge is -2.15. The first-order chi connectivity index (χ1) is 8.52. The summed E-state index contributed by atoms with van der Waals surface area (Å²) in [4.78, 5) is 13.1. The minimum atomic E-state index is -0.187. The van der Waals surface area contributed by atoms with Crippen LogP contribution in [0.5, 0.6) is 0 Å². The van der Waals surface area contributed by atoms with Gasteiger partial charge in [0.15, 0.2) is 0 Å². The molecule has 0 atom stereocenters. The molecule has 1 rings (SSSR count). The number of nitrogens with zero attached hydrogens (tertiary/aromatic N) is 1. The lowest BCUT2D eigenvalue weighted by molar-refractivity contribution is -0.141. The second kappa shape index (κ2) is 7.17. The lowest BCUT2D eigenvalue weighted by atomic mass is 10.0. The SMILES string of the molecule is COC(=O)CN(C)CCc1ccc(C(C)C)cc1. The van der Waals surface area contributed by atoms with Crippen molar-refractivity contribution in [2.24, 2.45) is 0 Å². The third-order valence-corrected chi connectivity index (χ3v) is 3.06. The van der Waals surface area contributed by atoms with Gasteiger partial charge in [-0.3, -0.25) is 9.69 Å². The van der Waals surface area contributed by atoms with Crippen molar-refractivity contribution in [3.8, 4) is 0 Å². The molecule has 0 aliphatic heterocycles. The molecule has 1 aromatic rings. The molecule has 0 amide bonds. The highest BCUT2D eigenvalue weighted by molar-refractivity contribution is 5.71. The fraction of sp³-hybridized carbons (Fsp3) is 0.533. The number of rotatable bonds is 6. The number of likely N-dealkylation sites (N-methyl/N-ethyl adjacent to an activating group) is 1. The Morgan fingerprint density at radius 2 is 1.89 bits per heavy atom. The molecule has 100 valence electrons. The maximum atomic E-state index is 11.1. The van der Waals surface area contributed by atoms with Gasteiger partial charge in [0.1, 0.15) is 0 Å². The standard InChI is InChI=1S/C15H23NO2/c1-12(2)14-7-5-13(6-8-14)9-10-16(3)11-15(17)18-4/h5-8,12H,9-11H2,1-4H3. The van der Waals surface area contributed by atoms with Crippen LogP contribution in [0.3, 0.4) is 0 Å². The summed E-state index contributed by atoms with van der Waals surface area (Å²) in [6.45, 7) is 5.59. The molecule has 0 saturated heterocycles. The fourth-order valence-electron chi connectivity index (χ4n) is 1.75. The Labute approximate surface area is 110 Å². The predicted molar refractivity (Wildman–Crippen MR) is 73.7 cm³/mol. The highest BCUT2D eigenvalue weighted by atomic mass is 16.5. The molecule has 0 unspecified atom stereocenters. The van der Waals surface area contributed by atoms with Crippen LogP contribution in [-0.2, 0) is 16.0 Å². The number of hydrogen-bond acceptors (Lipinski definition) is 3. The van der Waals surface area contributed by atoms with Crippen LogP contribution in [0.15, 0.2) is 24.3 Å². The van der Waals surface area contributed by atoms with Crippen molar-refractivity contribution in [3.05, 3.63) is 35.4 Å². The van der Waals surface area contributed by atoms with Crippen LogP contribution in [0.2, 0.25) is 0 Å². The monoisotopic (exact) mass is 249 g/mol. The van der Waals surface area contributed by atoms with Gasteiger partial charge in [-0.1, -0.05) is 38.1 Å². The van der Waals surface area contributed by atoms with Gasteiger partial charge in [-0.05, 0) is 30.5 Å². The number of benzene rings is 1. The number of carbonyl (C=O) groups is 1. The van der Waals surface area contributed by atoms with Crippen LogP contribution in [0, 0.1) is 0 Å². The second-order valence-corrected chi connectivity index (χ2v) is 4.96. The average molecular weight is 249 g/mol. The van der Waals surface area contributed by atoms with E-state index in [1.165, 1.54) is 18.2 Å². The zero-order valence-electron chi connectivity index (χ0n) is 11.8. The summed E-state index contributed by atoms with van der Waals surface area (Å²) in [5.41, 5.74) is 2.66. The molecule has 0 spiro atoms. The van der Waals surface area contributed by atoms with E-state index < -0.39 is 0 Å². The minimum absolute atomic E-state index is 0.187. The Kier molecular flexibility index (Phi) is 5.86. The Bertz CT molecular complexity index is 371. The highest BCUT2D eigenvalue weighted by Gasteiger charge is 2.06. The van der Waals surface area contributed by atoms with Crippen molar-refractivity contribution in [3.63, 3.8) is 0 Å². The summed E-state index contributed by atoms with van der Waals surface area (Å²) in [6, 6.07) is 8.70. The highest BCUT2D eigenvalue weighted by Crippen LogP contribution is 2.14. The van der Waals surface area contributed by atoms with Gasteiger partial charge in [0.2, 0.25) is 0 Å². The number of ether oxygens (including phenoxy) is 1. The summed E-state index contributed by atoms with van der Waals surface area (Å²) in [7, 11) is 3.35. The van der Waals surface area contributed by atoms with Gasteiger partial charge in [-0.2, -0.15) is 0 Å². The van der Waals surface area contributed by atoms with Gasteiger partial charge in [-0.25, -0.2) is 0 Å². The largest absolute Gasteiger partial charge is 0.468 e. The first-order valence-electron chi connectivity index (χ1n) is 6.37. The quantitative estimate of drug-likeness (QED) is 0.725. The van der Waals surface area contributed by atoms with E-state index in [4.69, 9.17) is 0 Å². The van der Waals surface area contributed by atoms with Crippen LogP contribution in [0.25, 0.3) is 0 Å². The second-order valence-electron chi connectivity index (χ2n) is 4.96. The maximum absolute atomic E-state index is 11.1. The Balaban J connectivity index is 2.41. The van der Waals surface area contributed by atoms with Crippen molar-refractivity contribution in [1.82, 2.24) is 4.90 Å². The van der Waals surface area contributed by atoms with Crippen LogP contribution in [0.4, 0.5) is 0 Å². The number of hydrogen-bond donors (Lipinski definition) is 0. The van der Waals surface area contributed by atoms with Crippen LogP contribution >= 0.6 is 0 Å². The van der Waals surface area contributed by atoms with E-state index in [0.29, 0.717) is 12.5 Å². The average Bonchev–Trinajstić information content (AvgIpc) is 2.36. The van der Waals surface area contributed by atoms with Gasteiger partial charge >= 0.3 is 5.97 Å². The molecule has 0 aromatic heterocycles. The van der Waals surface area contributed by atoms with E-state index in [9.17, 15) is 4.79 Å². The van der Waals surface area contributed by atoms with E-state index in [0.717, 1.165) is 13.0 Å². The summed E-state index contributed by atoms with van der Waals surface area (Å²) < 4.78 is 4.63. The summed E-state index contributed by atoms with van der Waals surface area (Å²) in [5.74, 6) is 0.383. The molecule has 1 aromatic carbocycles. The molecule has 0 heterocycles. The summed E-state index contributed by atoms with van der Waals surface area (Å²) in [5, 5.41) is 0. The molecule has 3 nitrogen and oxygen atoms in total. The number of methoxy groups -OCH3 is 1. The van der Waals surface area contributed by atoms with Gasteiger partial charge in [0.25, 0.3) is 0 Å².